The van der Waals surface area contributed by atoms with Crippen molar-refractivity contribution in [3.05, 3.63) is 29.1 Å². The van der Waals surface area contributed by atoms with Gasteiger partial charge in [-0.15, -0.1) is 0 Å². The van der Waals surface area contributed by atoms with Gasteiger partial charge in [0, 0.05) is 20.2 Å². The molecule has 0 unspecified atom stereocenters. The molecule has 1 saturated heterocycles. The fraction of sp³-hybridized carbons (Fsp3) is 0.538. The van der Waals surface area contributed by atoms with Gasteiger partial charge in [-0.25, -0.2) is 15.0 Å². The molecular weight excluding hydrogens is 292 g/mol. The number of H-pyrrole nitrogens is 1. The topological polar surface area (TPSA) is 79.8 Å². The van der Waals surface area contributed by atoms with Crippen LogP contribution in [0.25, 0.3) is 0 Å². The van der Waals surface area contributed by atoms with E-state index in [-0.39, 0.29) is 12.0 Å². The highest BCUT2D eigenvalue weighted by molar-refractivity contribution is 6.30. The van der Waals surface area contributed by atoms with Crippen LogP contribution >= 0.6 is 11.6 Å². The van der Waals surface area contributed by atoms with E-state index in [0.717, 1.165) is 24.7 Å². The van der Waals surface area contributed by atoms with Gasteiger partial charge in [0.1, 0.15) is 5.82 Å². The van der Waals surface area contributed by atoms with E-state index in [1.807, 2.05) is 18.9 Å². The summed E-state index contributed by atoms with van der Waals surface area (Å²) >= 11 is 5.80. The monoisotopic (exact) mass is 308 g/mol. The Kier molecular flexibility index (Phi) is 4.03. The molecule has 8 heteroatoms. The Morgan fingerprint density at radius 2 is 2.19 bits per heavy atom. The predicted molar refractivity (Wildman–Crippen MR) is 78.5 cm³/mol. The van der Waals surface area contributed by atoms with Crippen molar-refractivity contribution in [2.24, 2.45) is 0 Å². The Bertz CT molecular complexity index is 601. The van der Waals surface area contributed by atoms with E-state index in [2.05, 4.69) is 25.1 Å². The Morgan fingerprint density at radius 1 is 1.43 bits per heavy atom. The lowest BCUT2D eigenvalue weighted by molar-refractivity contribution is 0.108. The van der Waals surface area contributed by atoms with Gasteiger partial charge in [0.05, 0.1) is 29.4 Å². The summed E-state index contributed by atoms with van der Waals surface area (Å²) in [6.45, 7) is 3.30. The van der Waals surface area contributed by atoms with Crippen LogP contribution in [0.3, 0.4) is 0 Å². The second kappa shape index (κ2) is 5.95. The Labute approximate surface area is 127 Å². The molecule has 112 valence electrons. The van der Waals surface area contributed by atoms with Gasteiger partial charge in [-0.3, -0.25) is 5.10 Å². The summed E-state index contributed by atoms with van der Waals surface area (Å²) in [4.78, 5) is 14.8. The van der Waals surface area contributed by atoms with Crippen molar-refractivity contribution < 1.29 is 4.74 Å². The number of hydrogen-bond donors (Lipinski definition) is 1. The summed E-state index contributed by atoms with van der Waals surface area (Å²) in [6.07, 6.45) is 4.14. The van der Waals surface area contributed by atoms with Crippen molar-refractivity contribution in [3.63, 3.8) is 0 Å². The van der Waals surface area contributed by atoms with E-state index >= 15 is 0 Å². The van der Waals surface area contributed by atoms with Crippen LogP contribution in [0.15, 0.2) is 12.4 Å². The number of aryl methyl sites for hydroxylation is 1. The fourth-order valence-corrected chi connectivity index (χ4v) is 2.60. The average molecular weight is 309 g/mol. The normalized spacial score (nSPS) is 21.7. The van der Waals surface area contributed by atoms with E-state index in [4.69, 9.17) is 16.3 Å². The van der Waals surface area contributed by atoms with E-state index in [0.29, 0.717) is 17.5 Å². The zero-order valence-electron chi connectivity index (χ0n) is 12.0. The van der Waals surface area contributed by atoms with Crippen molar-refractivity contribution >= 4 is 17.5 Å². The molecule has 0 aromatic carbocycles. The molecule has 2 atom stereocenters. The fourth-order valence-electron chi connectivity index (χ4n) is 2.50. The number of aromatic nitrogens is 5. The molecule has 1 N–H and O–H groups in total. The highest BCUT2D eigenvalue weighted by Crippen LogP contribution is 2.30. The van der Waals surface area contributed by atoms with Crippen molar-refractivity contribution in [2.75, 3.05) is 25.1 Å². The molecule has 0 radical (unpaired) electrons. The summed E-state index contributed by atoms with van der Waals surface area (Å²) in [6, 6.07) is 0. The van der Waals surface area contributed by atoms with Gasteiger partial charge < -0.3 is 9.64 Å². The minimum Gasteiger partial charge on any atom is -0.376 e. The average Bonchev–Trinajstić information content (AvgIpc) is 3.08. The number of rotatable bonds is 4. The smallest absolute Gasteiger partial charge is 0.225 e. The van der Waals surface area contributed by atoms with Gasteiger partial charge >= 0.3 is 0 Å². The summed E-state index contributed by atoms with van der Waals surface area (Å²) in [5.41, 5.74) is 0. The molecule has 1 fully saturated rings. The molecule has 7 nitrogen and oxygen atoms in total. The highest BCUT2D eigenvalue weighted by atomic mass is 35.5. The number of ether oxygens (including phenoxy) is 1. The molecular formula is C13H17ClN6O. The maximum Gasteiger partial charge on any atom is 0.225 e. The van der Waals surface area contributed by atoms with Crippen LogP contribution in [0, 0.1) is 6.92 Å². The second-order valence-corrected chi connectivity index (χ2v) is 5.60. The molecule has 1 aliphatic heterocycles. The molecule has 0 bridgehead atoms. The van der Waals surface area contributed by atoms with Crippen molar-refractivity contribution in [2.45, 2.75) is 25.4 Å². The summed E-state index contributed by atoms with van der Waals surface area (Å²) in [5, 5.41) is 7.67. The molecule has 0 saturated carbocycles. The molecule has 21 heavy (non-hydrogen) atoms. The lowest BCUT2D eigenvalue weighted by atomic mass is 10.0. The molecule has 2 aromatic rings. The van der Waals surface area contributed by atoms with Gasteiger partial charge in [0.15, 0.2) is 5.82 Å². The van der Waals surface area contributed by atoms with E-state index in [9.17, 15) is 0 Å². The lowest BCUT2D eigenvalue weighted by Crippen LogP contribution is -2.33. The number of anilines is 1. The van der Waals surface area contributed by atoms with Gasteiger partial charge in [-0.2, -0.15) is 5.10 Å². The Morgan fingerprint density at radius 3 is 2.86 bits per heavy atom. The van der Waals surface area contributed by atoms with Crippen molar-refractivity contribution in [1.82, 2.24) is 25.1 Å². The van der Waals surface area contributed by atoms with E-state index < -0.39 is 0 Å². The maximum atomic E-state index is 5.83. The zero-order chi connectivity index (χ0) is 14.8. The number of hydrogen-bond acceptors (Lipinski definition) is 6. The van der Waals surface area contributed by atoms with Gasteiger partial charge in [0.2, 0.25) is 5.95 Å². The third-order valence-corrected chi connectivity index (χ3v) is 3.75. The van der Waals surface area contributed by atoms with Crippen LogP contribution in [0.4, 0.5) is 5.95 Å². The van der Waals surface area contributed by atoms with Crippen LogP contribution in [0.2, 0.25) is 5.02 Å². The van der Waals surface area contributed by atoms with Crippen LogP contribution in [0.1, 0.15) is 24.0 Å². The molecule has 3 rings (SSSR count). The Hall–Kier alpha value is -1.73. The summed E-state index contributed by atoms with van der Waals surface area (Å²) in [7, 11) is 1.94. The van der Waals surface area contributed by atoms with E-state index in [1.54, 1.807) is 12.4 Å². The van der Waals surface area contributed by atoms with Crippen LogP contribution < -0.4 is 4.90 Å². The molecule has 0 spiro atoms. The van der Waals surface area contributed by atoms with Crippen LogP contribution in [0.5, 0.6) is 0 Å². The maximum absolute atomic E-state index is 5.83. The first-order chi connectivity index (χ1) is 10.1. The molecule has 3 heterocycles. The summed E-state index contributed by atoms with van der Waals surface area (Å²) < 4.78 is 5.83. The molecule has 0 aliphatic carbocycles. The predicted octanol–water partition coefficient (Wildman–Crippen LogP) is 1.57. The largest absolute Gasteiger partial charge is 0.376 e. The number of nitrogens with one attached hydrogen (secondary N) is 1. The highest BCUT2D eigenvalue weighted by Gasteiger charge is 2.33. The number of halogens is 1. The third kappa shape index (κ3) is 3.14. The summed E-state index contributed by atoms with van der Waals surface area (Å²) in [5.74, 6) is 2.47. The molecule has 0 amide bonds. The van der Waals surface area contributed by atoms with E-state index in [1.165, 1.54) is 0 Å². The van der Waals surface area contributed by atoms with Crippen LogP contribution in [-0.4, -0.2) is 51.5 Å². The minimum absolute atomic E-state index is 0.0319. The SMILES string of the molecule is Cc1nc([C@@H]2CCO[C@@H]2CN(C)c2ncc(Cl)cn2)n[nH]1. The zero-order valence-corrected chi connectivity index (χ0v) is 12.7. The Balaban J connectivity index is 1.69. The quantitative estimate of drug-likeness (QED) is 0.923. The van der Waals surface area contributed by atoms with Gasteiger partial charge in [-0.1, -0.05) is 11.6 Å². The molecule has 2 aromatic heterocycles. The molecule has 1 aliphatic rings. The first-order valence-electron chi connectivity index (χ1n) is 6.82. The van der Waals surface area contributed by atoms with Gasteiger partial charge in [-0.05, 0) is 13.3 Å². The van der Waals surface area contributed by atoms with Crippen molar-refractivity contribution in [3.8, 4) is 0 Å². The number of aromatic amines is 1. The van der Waals surface area contributed by atoms with Crippen LogP contribution in [-0.2, 0) is 4.74 Å². The number of nitrogens with zero attached hydrogens (tertiary/aromatic N) is 5. The standard InChI is InChI=1S/C13H17ClN6O/c1-8-17-12(19-18-8)10-3-4-21-11(10)7-20(2)13-15-5-9(14)6-16-13/h5-6,10-11H,3-4,7H2,1-2H3,(H,17,18,19)/t10-,11-/m1/s1. The second-order valence-electron chi connectivity index (χ2n) is 5.17. The first-order valence-corrected chi connectivity index (χ1v) is 7.20. The minimum atomic E-state index is 0.0319. The first kappa shape index (κ1) is 14.2. The van der Waals surface area contributed by atoms with Gasteiger partial charge in [0.25, 0.3) is 0 Å². The third-order valence-electron chi connectivity index (χ3n) is 3.56. The van der Waals surface area contributed by atoms with Crippen molar-refractivity contribution in [1.29, 1.82) is 0 Å². The lowest BCUT2D eigenvalue weighted by Gasteiger charge is -2.23. The number of likely N-dealkylation sites (N-methyl/N-ethyl adjacent to an activating group) is 1.